The minimum atomic E-state index is -0.138. The van der Waals surface area contributed by atoms with Crippen molar-refractivity contribution >= 4 is 5.69 Å². The Hall–Kier alpha value is -1.30. The molecule has 1 unspecified atom stereocenters. The Balaban J connectivity index is 2.33. The molecule has 1 aromatic rings. The number of rotatable bonds is 4. The third-order valence-corrected chi connectivity index (χ3v) is 3.40. The molecule has 0 bridgehead atoms. The smallest absolute Gasteiger partial charge is 0.125 e. The minimum absolute atomic E-state index is 0.0357. The Morgan fingerprint density at radius 1 is 1.58 bits per heavy atom. The van der Waals surface area contributed by atoms with E-state index < -0.39 is 0 Å². The molecule has 0 spiro atoms. The Morgan fingerprint density at radius 3 is 3.00 bits per heavy atom. The average molecular weight is 266 g/mol. The number of benzene rings is 1. The summed E-state index contributed by atoms with van der Waals surface area (Å²) in [5, 5.41) is 9.23. The molecule has 3 N–H and O–H groups in total. The highest BCUT2D eigenvalue weighted by molar-refractivity contribution is 5.61. The van der Waals surface area contributed by atoms with Crippen molar-refractivity contribution < 1.29 is 14.6 Å². The van der Waals surface area contributed by atoms with E-state index in [4.69, 9.17) is 15.2 Å². The summed E-state index contributed by atoms with van der Waals surface area (Å²) in [6.07, 6.45) is -0.138. The van der Waals surface area contributed by atoms with Crippen molar-refractivity contribution in [1.82, 2.24) is 0 Å². The number of aliphatic hydroxyl groups excluding tert-OH is 1. The number of aliphatic hydroxyl groups is 1. The van der Waals surface area contributed by atoms with Crippen LogP contribution in [0.3, 0.4) is 0 Å². The van der Waals surface area contributed by atoms with Crippen molar-refractivity contribution in [2.45, 2.75) is 19.1 Å². The largest absolute Gasteiger partial charge is 0.496 e. The Morgan fingerprint density at radius 2 is 2.37 bits per heavy atom. The molecule has 2 rings (SSSR count). The quantitative estimate of drug-likeness (QED) is 0.848. The summed E-state index contributed by atoms with van der Waals surface area (Å²) in [7, 11) is 1.65. The van der Waals surface area contributed by atoms with Crippen LogP contribution in [-0.2, 0) is 4.74 Å². The highest BCUT2D eigenvalue weighted by Crippen LogP contribution is 2.34. The van der Waals surface area contributed by atoms with Gasteiger partial charge in [-0.3, -0.25) is 0 Å². The number of hydrogen-bond donors (Lipinski definition) is 2. The van der Waals surface area contributed by atoms with Crippen molar-refractivity contribution in [1.29, 1.82) is 0 Å². The number of ether oxygens (including phenoxy) is 2. The van der Waals surface area contributed by atoms with Gasteiger partial charge in [-0.25, -0.2) is 0 Å². The van der Waals surface area contributed by atoms with Crippen LogP contribution in [0.5, 0.6) is 5.75 Å². The van der Waals surface area contributed by atoms with Crippen LogP contribution in [0.15, 0.2) is 18.2 Å². The first-order valence-electron chi connectivity index (χ1n) is 6.57. The molecule has 1 fully saturated rings. The van der Waals surface area contributed by atoms with Crippen LogP contribution in [0.4, 0.5) is 5.69 Å². The van der Waals surface area contributed by atoms with Gasteiger partial charge in [0.25, 0.3) is 0 Å². The van der Waals surface area contributed by atoms with Crippen molar-refractivity contribution in [2.75, 3.05) is 38.3 Å². The van der Waals surface area contributed by atoms with Gasteiger partial charge in [-0.05, 0) is 19.1 Å². The van der Waals surface area contributed by atoms with E-state index in [1.54, 1.807) is 7.11 Å². The van der Waals surface area contributed by atoms with Crippen LogP contribution in [-0.4, -0.2) is 44.6 Å². The maximum atomic E-state index is 9.23. The molecule has 0 aromatic heterocycles. The zero-order chi connectivity index (χ0) is 13.8. The molecule has 5 heteroatoms. The molecule has 0 saturated carbocycles. The SMILES string of the molecule is COc1cccc(N2CCOC(CO)C2)c1[C@H](C)N. The molecule has 1 aliphatic heterocycles. The van der Waals surface area contributed by atoms with Gasteiger partial charge in [-0.2, -0.15) is 0 Å². The number of anilines is 1. The molecule has 1 heterocycles. The van der Waals surface area contributed by atoms with E-state index in [0.717, 1.165) is 23.5 Å². The number of nitrogens with zero attached hydrogens (tertiary/aromatic N) is 1. The van der Waals surface area contributed by atoms with E-state index in [2.05, 4.69) is 4.90 Å². The van der Waals surface area contributed by atoms with E-state index in [9.17, 15) is 5.11 Å². The van der Waals surface area contributed by atoms with Gasteiger partial charge in [0, 0.05) is 30.4 Å². The summed E-state index contributed by atoms with van der Waals surface area (Å²) >= 11 is 0. The van der Waals surface area contributed by atoms with Crippen LogP contribution in [0, 0.1) is 0 Å². The molecule has 1 aromatic carbocycles. The summed E-state index contributed by atoms with van der Waals surface area (Å²) in [5.74, 6) is 0.805. The normalized spacial score (nSPS) is 21.3. The Bertz CT molecular complexity index is 423. The third-order valence-electron chi connectivity index (χ3n) is 3.40. The van der Waals surface area contributed by atoms with Crippen LogP contribution in [0.1, 0.15) is 18.5 Å². The van der Waals surface area contributed by atoms with Crippen molar-refractivity contribution in [3.8, 4) is 5.75 Å². The van der Waals surface area contributed by atoms with Crippen molar-refractivity contribution in [3.05, 3.63) is 23.8 Å². The first-order chi connectivity index (χ1) is 9.17. The van der Waals surface area contributed by atoms with E-state index in [-0.39, 0.29) is 18.8 Å². The molecule has 2 atom stereocenters. The lowest BCUT2D eigenvalue weighted by Gasteiger charge is -2.35. The number of morpholine rings is 1. The molecular formula is C14H22N2O3. The lowest BCUT2D eigenvalue weighted by Crippen LogP contribution is -2.44. The lowest BCUT2D eigenvalue weighted by atomic mass is 10.0. The fourth-order valence-corrected chi connectivity index (χ4v) is 2.49. The zero-order valence-corrected chi connectivity index (χ0v) is 11.5. The summed E-state index contributed by atoms with van der Waals surface area (Å²) < 4.78 is 10.9. The monoisotopic (exact) mass is 266 g/mol. The van der Waals surface area contributed by atoms with Gasteiger partial charge in [0.15, 0.2) is 0 Å². The Kier molecular flexibility index (Phi) is 4.63. The first kappa shape index (κ1) is 14.1. The second-order valence-electron chi connectivity index (χ2n) is 4.80. The summed E-state index contributed by atoms with van der Waals surface area (Å²) in [4.78, 5) is 2.20. The molecular weight excluding hydrogens is 244 g/mol. The predicted octanol–water partition coefficient (Wildman–Crippen LogP) is 0.912. The summed E-state index contributed by atoms with van der Waals surface area (Å²) in [6.45, 7) is 4.06. The molecule has 106 valence electrons. The van der Waals surface area contributed by atoms with Gasteiger partial charge in [0.05, 0.1) is 26.4 Å². The standard InChI is InChI=1S/C14H22N2O3/c1-10(15)14-12(4-3-5-13(14)18-2)16-6-7-19-11(8-16)9-17/h3-5,10-11,17H,6-9,15H2,1-2H3/t10-,11?/m0/s1. The maximum absolute atomic E-state index is 9.23. The number of nitrogens with two attached hydrogens (primary N) is 1. The maximum Gasteiger partial charge on any atom is 0.125 e. The van der Waals surface area contributed by atoms with Crippen LogP contribution in [0.25, 0.3) is 0 Å². The second-order valence-corrected chi connectivity index (χ2v) is 4.80. The van der Waals surface area contributed by atoms with E-state index in [1.807, 2.05) is 25.1 Å². The third kappa shape index (κ3) is 3.00. The van der Waals surface area contributed by atoms with Gasteiger partial charge in [0.1, 0.15) is 5.75 Å². The van der Waals surface area contributed by atoms with Crippen LogP contribution in [0.2, 0.25) is 0 Å². The van der Waals surface area contributed by atoms with E-state index >= 15 is 0 Å². The van der Waals surface area contributed by atoms with Gasteiger partial charge >= 0.3 is 0 Å². The lowest BCUT2D eigenvalue weighted by molar-refractivity contribution is 0.00350. The van der Waals surface area contributed by atoms with E-state index in [0.29, 0.717) is 13.2 Å². The van der Waals surface area contributed by atoms with Gasteiger partial charge in [0.2, 0.25) is 0 Å². The molecule has 0 radical (unpaired) electrons. The van der Waals surface area contributed by atoms with Crippen LogP contribution >= 0.6 is 0 Å². The van der Waals surface area contributed by atoms with Crippen LogP contribution < -0.4 is 15.4 Å². The minimum Gasteiger partial charge on any atom is -0.496 e. The topological polar surface area (TPSA) is 68.0 Å². The van der Waals surface area contributed by atoms with Gasteiger partial charge < -0.3 is 25.2 Å². The van der Waals surface area contributed by atoms with Gasteiger partial charge in [-0.15, -0.1) is 0 Å². The molecule has 19 heavy (non-hydrogen) atoms. The van der Waals surface area contributed by atoms with E-state index in [1.165, 1.54) is 0 Å². The summed E-state index contributed by atoms with van der Waals surface area (Å²) in [5.41, 5.74) is 8.15. The van der Waals surface area contributed by atoms with Crippen molar-refractivity contribution in [3.63, 3.8) is 0 Å². The number of hydrogen-bond acceptors (Lipinski definition) is 5. The Labute approximate surface area is 113 Å². The fraction of sp³-hybridized carbons (Fsp3) is 0.571. The highest BCUT2D eigenvalue weighted by Gasteiger charge is 2.24. The van der Waals surface area contributed by atoms with Crippen molar-refractivity contribution in [2.24, 2.45) is 5.73 Å². The highest BCUT2D eigenvalue weighted by atomic mass is 16.5. The first-order valence-corrected chi connectivity index (χ1v) is 6.57. The second kappa shape index (κ2) is 6.23. The molecule has 1 saturated heterocycles. The molecule has 0 aliphatic carbocycles. The molecule has 1 aliphatic rings. The zero-order valence-electron chi connectivity index (χ0n) is 11.5. The fourth-order valence-electron chi connectivity index (χ4n) is 2.49. The van der Waals surface area contributed by atoms with Gasteiger partial charge in [-0.1, -0.05) is 6.07 Å². The summed E-state index contributed by atoms with van der Waals surface area (Å²) in [6, 6.07) is 5.82. The molecule has 0 amide bonds. The molecule has 5 nitrogen and oxygen atoms in total. The average Bonchev–Trinajstić information content (AvgIpc) is 2.46. The predicted molar refractivity (Wildman–Crippen MR) is 74.6 cm³/mol. The number of methoxy groups -OCH3 is 1.